The molecule has 2 nitrogen and oxygen atoms in total. The molecule has 1 aromatic rings. The Kier molecular flexibility index (Phi) is 4.47. The third-order valence-corrected chi connectivity index (χ3v) is 2.48. The molecule has 0 saturated carbocycles. The predicted molar refractivity (Wildman–Crippen MR) is 59.4 cm³/mol. The van der Waals surface area contributed by atoms with Crippen LogP contribution >= 0.6 is 0 Å². The molecule has 0 radical (unpaired) electrons. The summed E-state index contributed by atoms with van der Waals surface area (Å²) in [5.41, 5.74) is 5.76. The first kappa shape index (κ1) is 11.1. The van der Waals surface area contributed by atoms with Gasteiger partial charge in [-0.2, -0.15) is 0 Å². The largest absolute Gasteiger partial charge is 0.494 e. The van der Waals surface area contributed by atoms with Crippen molar-refractivity contribution in [3.63, 3.8) is 0 Å². The smallest absolute Gasteiger partial charge is 0.119 e. The van der Waals surface area contributed by atoms with Gasteiger partial charge in [0.1, 0.15) is 5.75 Å². The predicted octanol–water partition coefficient (Wildman–Crippen LogP) is 2.44. The van der Waals surface area contributed by atoms with Gasteiger partial charge in [-0.3, -0.25) is 0 Å². The summed E-state index contributed by atoms with van der Waals surface area (Å²) in [6.07, 6.45) is 1.01. The van der Waals surface area contributed by atoms with Crippen molar-refractivity contribution in [2.45, 2.75) is 26.3 Å². The second kappa shape index (κ2) is 5.66. The fourth-order valence-corrected chi connectivity index (χ4v) is 1.14. The summed E-state index contributed by atoms with van der Waals surface area (Å²) in [5.74, 6) is 1.45. The summed E-state index contributed by atoms with van der Waals surface area (Å²) >= 11 is 0. The quantitative estimate of drug-likeness (QED) is 0.779. The Morgan fingerprint density at radius 3 is 2.43 bits per heavy atom. The van der Waals surface area contributed by atoms with E-state index in [-0.39, 0.29) is 6.04 Å². The first-order valence-electron chi connectivity index (χ1n) is 5.13. The van der Waals surface area contributed by atoms with E-state index in [2.05, 4.69) is 6.92 Å². The van der Waals surface area contributed by atoms with E-state index in [4.69, 9.17) is 10.5 Å². The van der Waals surface area contributed by atoms with Crippen LogP contribution in [0.3, 0.4) is 0 Å². The van der Waals surface area contributed by atoms with Crippen LogP contribution in [0.2, 0.25) is 0 Å². The molecule has 14 heavy (non-hydrogen) atoms. The molecule has 0 aliphatic carbocycles. The summed E-state index contributed by atoms with van der Waals surface area (Å²) in [6, 6.07) is 10.1. The molecule has 2 N–H and O–H groups in total. The highest BCUT2D eigenvalue weighted by Crippen LogP contribution is 2.11. The van der Waals surface area contributed by atoms with Crippen LogP contribution in [0.25, 0.3) is 0 Å². The molecule has 1 rings (SSSR count). The van der Waals surface area contributed by atoms with Crippen molar-refractivity contribution in [2.24, 2.45) is 11.7 Å². The van der Waals surface area contributed by atoms with Crippen molar-refractivity contribution in [1.29, 1.82) is 0 Å². The summed E-state index contributed by atoms with van der Waals surface area (Å²) in [4.78, 5) is 0. The minimum Gasteiger partial charge on any atom is -0.494 e. The van der Waals surface area contributed by atoms with Crippen LogP contribution in [0.4, 0.5) is 0 Å². The topological polar surface area (TPSA) is 35.2 Å². The van der Waals surface area contributed by atoms with E-state index in [1.165, 1.54) is 0 Å². The van der Waals surface area contributed by atoms with Gasteiger partial charge in [0, 0.05) is 6.04 Å². The van der Waals surface area contributed by atoms with Gasteiger partial charge in [-0.05, 0) is 31.4 Å². The van der Waals surface area contributed by atoms with Gasteiger partial charge in [-0.25, -0.2) is 0 Å². The molecule has 2 unspecified atom stereocenters. The molecule has 0 fully saturated rings. The number of ether oxygens (including phenoxy) is 1. The number of hydrogen-bond acceptors (Lipinski definition) is 2. The summed E-state index contributed by atoms with van der Waals surface area (Å²) < 4.78 is 5.57. The lowest BCUT2D eigenvalue weighted by Crippen LogP contribution is -2.25. The van der Waals surface area contributed by atoms with Crippen molar-refractivity contribution < 1.29 is 4.74 Å². The van der Waals surface area contributed by atoms with Gasteiger partial charge in [0.15, 0.2) is 0 Å². The van der Waals surface area contributed by atoms with E-state index in [1.54, 1.807) is 0 Å². The van der Waals surface area contributed by atoms with Crippen LogP contribution in [0, 0.1) is 5.92 Å². The molecule has 0 saturated heterocycles. The van der Waals surface area contributed by atoms with E-state index >= 15 is 0 Å². The maximum absolute atomic E-state index is 5.76. The molecular formula is C12H19NO. The Hall–Kier alpha value is -1.02. The molecule has 0 aromatic heterocycles. The van der Waals surface area contributed by atoms with Crippen molar-refractivity contribution >= 4 is 0 Å². The Morgan fingerprint density at radius 2 is 1.86 bits per heavy atom. The monoisotopic (exact) mass is 193 g/mol. The number of nitrogens with two attached hydrogens (primary N) is 1. The molecular weight excluding hydrogens is 174 g/mol. The third kappa shape index (κ3) is 3.79. The maximum Gasteiger partial charge on any atom is 0.119 e. The average molecular weight is 193 g/mol. The molecule has 0 bridgehead atoms. The zero-order chi connectivity index (χ0) is 10.4. The van der Waals surface area contributed by atoms with Crippen LogP contribution in [0.1, 0.15) is 20.3 Å². The van der Waals surface area contributed by atoms with Gasteiger partial charge in [-0.1, -0.05) is 25.1 Å². The molecule has 0 aliphatic heterocycles. The molecule has 2 atom stereocenters. The number of rotatable bonds is 5. The zero-order valence-electron chi connectivity index (χ0n) is 8.94. The summed E-state index contributed by atoms with van der Waals surface area (Å²) in [6.45, 7) is 4.93. The summed E-state index contributed by atoms with van der Waals surface area (Å²) in [7, 11) is 0. The fourth-order valence-electron chi connectivity index (χ4n) is 1.14. The Balaban J connectivity index is 2.22. The van der Waals surface area contributed by atoms with Crippen molar-refractivity contribution in [3.8, 4) is 5.75 Å². The van der Waals surface area contributed by atoms with E-state index in [9.17, 15) is 0 Å². The molecule has 0 heterocycles. The van der Waals surface area contributed by atoms with Gasteiger partial charge in [-0.15, -0.1) is 0 Å². The number of hydrogen-bond donors (Lipinski definition) is 1. The van der Waals surface area contributed by atoms with Gasteiger partial charge < -0.3 is 10.5 Å². The van der Waals surface area contributed by atoms with Gasteiger partial charge >= 0.3 is 0 Å². The molecule has 0 aliphatic rings. The molecule has 1 aromatic carbocycles. The number of benzene rings is 1. The van der Waals surface area contributed by atoms with Crippen molar-refractivity contribution in [2.75, 3.05) is 6.61 Å². The highest BCUT2D eigenvalue weighted by Gasteiger charge is 2.06. The van der Waals surface area contributed by atoms with E-state index in [1.807, 2.05) is 37.3 Å². The molecule has 2 heteroatoms. The van der Waals surface area contributed by atoms with E-state index in [0.29, 0.717) is 5.92 Å². The normalized spacial score (nSPS) is 14.8. The van der Waals surface area contributed by atoms with Crippen LogP contribution < -0.4 is 10.5 Å². The van der Waals surface area contributed by atoms with Crippen molar-refractivity contribution in [3.05, 3.63) is 30.3 Å². The zero-order valence-corrected chi connectivity index (χ0v) is 8.94. The lowest BCUT2D eigenvalue weighted by atomic mass is 10.0. The standard InChI is InChI=1S/C12H19NO/c1-10(11(2)13)8-9-14-12-6-4-3-5-7-12/h3-7,10-11H,8-9,13H2,1-2H3. The summed E-state index contributed by atoms with van der Waals surface area (Å²) in [5, 5.41) is 0. The Labute approximate surface area is 86.1 Å². The third-order valence-electron chi connectivity index (χ3n) is 2.48. The van der Waals surface area contributed by atoms with Crippen molar-refractivity contribution in [1.82, 2.24) is 0 Å². The van der Waals surface area contributed by atoms with E-state index in [0.717, 1.165) is 18.8 Å². The second-order valence-corrected chi connectivity index (χ2v) is 3.79. The van der Waals surface area contributed by atoms with Gasteiger partial charge in [0.05, 0.1) is 6.61 Å². The van der Waals surface area contributed by atoms with E-state index < -0.39 is 0 Å². The first-order valence-corrected chi connectivity index (χ1v) is 5.13. The minimum atomic E-state index is 0.245. The molecule has 78 valence electrons. The fraction of sp³-hybridized carbons (Fsp3) is 0.500. The highest BCUT2D eigenvalue weighted by molar-refractivity contribution is 5.20. The molecule has 0 spiro atoms. The lowest BCUT2D eigenvalue weighted by molar-refractivity contribution is 0.273. The van der Waals surface area contributed by atoms with Gasteiger partial charge in [0.2, 0.25) is 0 Å². The van der Waals surface area contributed by atoms with Crippen LogP contribution in [0.5, 0.6) is 5.75 Å². The first-order chi connectivity index (χ1) is 6.70. The highest BCUT2D eigenvalue weighted by atomic mass is 16.5. The number of para-hydroxylation sites is 1. The Bertz CT molecular complexity index is 246. The van der Waals surface area contributed by atoms with Crippen LogP contribution in [-0.4, -0.2) is 12.6 Å². The SMILES string of the molecule is CC(N)C(C)CCOc1ccccc1. The average Bonchev–Trinajstić information content (AvgIpc) is 2.19. The molecule has 0 amide bonds. The van der Waals surface area contributed by atoms with Crippen LogP contribution in [0.15, 0.2) is 30.3 Å². The van der Waals surface area contributed by atoms with Gasteiger partial charge in [0.25, 0.3) is 0 Å². The lowest BCUT2D eigenvalue weighted by Gasteiger charge is -2.15. The van der Waals surface area contributed by atoms with Crippen LogP contribution in [-0.2, 0) is 0 Å². The maximum atomic E-state index is 5.76. The second-order valence-electron chi connectivity index (χ2n) is 3.79. The minimum absolute atomic E-state index is 0.245. The Morgan fingerprint density at radius 1 is 1.21 bits per heavy atom.